The Bertz CT molecular complexity index is 902. The van der Waals surface area contributed by atoms with Crippen molar-refractivity contribution < 1.29 is 18.0 Å². The molecule has 0 aliphatic carbocycles. The minimum absolute atomic E-state index is 0.0892. The Morgan fingerprint density at radius 2 is 1.81 bits per heavy atom. The molecular formula is C21H18F3NO. The van der Waals surface area contributed by atoms with Gasteiger partial charge in [0, 0.05) is 42.9 Å². The van der Waals surface area contributed by atoms with Crippen LogP contribution in [0.4, 0.5) is 13.2 Å². The number of halogens is 3. The van der Waals surface area contributed by atoms with Crippen LogP contribution < -0.4 is 0 Å². The van der Waals surface area contributed by atoms with Gasteiger partial charge in [-0.25, -0.2) is 13.2 Å². The SMILES string of the molecule is CC(=O)C1=CC(Cc2ccc(F)cc2F)=CN(Cc2ccccc2F)C1. The number of carbonyl (C=O) groups excluding carboxylic acids is 1. The lowest BCUT2D eigenvalue weighted by Crippen LogP contribution is -2.26. The zero-order valence-electron chi connectivity index (χ0n) is 14.3. The third-order valence-electron chi connectivity index (χ3n) is 4.27. The first-order valence-electron chi connectivity index (χ1n) is 8.26. The maximum Gasteiger partial charge on any atom is 0.157 e. The van der Waals surface area contributed by atoms with Crippen molar-refractivity contribution in [1.82, 2.24) is 4.90 Å². The van der Waals surface area contributed by atoms with Crippen LogP contribution in [0.1, 0.15) is 18.1 Å². The Morgan fingerprint density at radius 1 is 1.04 bits per heavy atom. The van der Waals surface area contributed by atoms with E-state index < -0.39 is 11.6 Å². The Kier molecular flexibility index (Phi) is 5.26. The average Bonchev–Trinajstić information content (AvgIpc) is 2.59. The average molecular weight is 357 g/mol. The number of hydrogen-bond donors (Lipinski definition) is 0. The van der Waals surface area contributed by atoms with Crippen LogP contribution in [0.15, 0.2) is 65.9 Å². The lowest BCUT2D eigenvalue weighted by Gasteiger charge is -2.27. The molecule has 0 amide bonds. The lowest BCUT2D eigenvalue weighted by atomic mass is 9.98. The van der Waals surface area contributed by atoms with Crippen LogP contribution in [-0.2, 0) is 17.8 Å². The molecule has 0 bridgehead atoms. The quantitative estimate of drug-likeness (QED) is 0.782. The summed E-state index contributed by atoms with van der Waals surface area (Å²) in [5.74, 6) is -1.67. The predicted octanol–water partition coefficient (Wildman–Crippen LogP) is 4.56. The van der Waals surface area contributed by atoms with Crippen molar-refractivity contribution in [1.29, 1.82) is 0 Å². The van der Waals surface area contributed by atoms with Crippen LogP contribution in [-0.4, -0.2) is 17.2 Å². The zero-order valence-corrected chi connectivity index (χ0v) is 14.3. The summed E-state index contributed by atoms with van der Waals surface area (Å²) < 4.78 is 40.9. The van der Waals surface area contributed by atoms with Gasteiger partial charge in [-0.15, -0.1) is 0 Å². The minimum Gasteiger partial charge on any atom is -0.368 e. The fourth-order valence-corrected chi connectivity index (χ4v) is 2.95. The van der Waals surface area contributed by atoms with E-state index in [9.17, 15) is 18.0 Å². The van der Waals surface area contributed by atoms with E-state index in [0.29, 0.717) is 35.4 Å². The van der Waals surface area contributed by atoms with Crippen LogP contribution in [0.5, 0.6) is 0 Å². The number of Topliss-reactive ketones (excluding diaryl/α,β-unsaturated/α-hetero) is 1. The number of carbonyl (C=O) groups is 1. The first-order chi connectivity index (χ1) is 12.4. The molecule has 0 saturated carbocycles. The summed E-state index contributed by atoms with van der Waals surface area (Å²) in [6.45, 7) is 2.13. The molecule has 3 rings (SSSR count). The first-order valence-corrected chi connectivity index (χ1v) is 8.26. The van der Waals surface area contributed by atoms with Crippen molar-refractivity contribution in [3.05, 3.63) is 94.5 Å². The summed E-state index contributed by atoms with van der Waals surface area (Å²) in [5, 5.41) is 0. The second-order valence-electron chi connectivity index (χ2n) is 6.34. The fourth-order valence-electron chi connectivity index (χ4n) is 2.95. The van der Waals surface area contributed by atoms with Crippen LogP contribution in [0.3, 0.4) is 0 Å². The van der Waals surface area contributed by atoms with Crippen molar-refractivity contribution in [2.75, 3.05) is 6.54 Å². The minimum atomic E-state index is -0.634. The van der Waals surface area contributed by atoms with Gasteiger partial charge < -0.3 is 4.90 Å². The van der Waals surface area contributed by atoms with E-state index >= 15 is 0 Å². The summed E-state index contributed by atoms with van der Waals surface area (Å²) in [6, 6.07) is 9.88. The van der Waals surface area contributed by atoms with Gasteiger partial charge in [-0.05, 0) is 36.3 Å². The summed E-state index contributed by atoms with van der Waals surface area (Å²) >= 11 is 0. The van der Waals surface area contributed by atoms with Crippen molar-refractivity contribution in [2.45, 2.75) is 19.9 Å². The Labute approximate surface area is 150 Å². The summed E-state index contributed by atoms with van der Waals surface area (Å²) in [4.78, 5) is 13.7. The highest BCUT2D eigenvalue weighted by atomic mass is 19.1. The largest absolute Gasteiger partial charge is 0.368 e. The van der Waals surface area contributed by atoms with Gasteiger partial charge in [0.1, 0.15) is 17.5 Å². The van der Waals surface area contributed by atoms with E-state index in [0.717, 1.165) is 6.07 Å². The van der Waals surface area contributed by atoms with E-state index in [1.54, 1.807) is 30.5 Å². The van der Waals surface area contributed by atoms with Gasteiger partial charge in [0.25, 0.3) is 0 Å². The molecule has 0 unspecified atom stereocenters. The third kappa shape index (κ3) is 4.23. The normalized spacial score (nSPS) is 14.1. The summed E-state index contributed by atoms with van der Waals surface area (Å²) in [6.07, 6.45) is 3.74. The predicted molar refractivity (Wildman–Crippen MR) is 93.7 cm³/mol. The summed E-state index contributed by atoms with van der Waals surface area (Å²) in [7, 11) is 0. The Balaban J connectivity index is 1.86. The van der Waals surface area contributed by atoms with Gasteiger partial charge in [0.2, 0.25) is 0 Å². The van der Waals surface area contributed by atoms with Crippen LogP contribution in [0, 0.1) is 17.5 Å². The number of rotatable bonds is 5. The highest BCUT2D eigenvalue weighted by Gasteiger charge is 2.18. The topological polar surface area (TPSA) is 20.3 Å². The van der Waals surface area contributed by atoms with E-state index in [1.165, 1.54) is 25.1 Å². The Hall–Kier alpha value is -2.82. The molecule has 5 heteroatoms. The monoisotopic (exact) mass is 357 g/mol. The second-order valence-corrected chi connectivity index (χ2v) is 6.34. The molecular weight excluding hydrogens is 339 g/mol. The molecule has 2 aromatic carbocycles. The molecule has 26 heavy (non-hydrogen) atoms. The maximum atomic E-state index is 13.9. The van der Waals surface area contributed by atoms with Crippen LogP contribution >= 0.6 is 0 Å². The number of allylic oxidation sites excluding steroid dienone is 2. The van der Waals surface area contributed by atoms with Gasteiger partial charge in [-0.1, -0.05) is 24.3 Å². The number of hydrogen-bond acceptors (Lipinski definition) is 2. The molecule has 0 fully saturated rings. The Morgan fingerprint density at radius 3 is 2.50 bits per heavy atom. The van der Waals surface area contributed by atoms with Crippen molar-refractivity contribution in [3.8, 4) is 0 Å². The van der Waals surface area contributed by atoms with Gasteiger partial charge in [-0.3, -0.25) is 4.79 Å². The van der Waals surface area contributed by atoms with Gasteiger partial charge in [0.15, 0.2) is 5.78 Å². The highest BCUT2D eigenvalue weighted by Crippen LogP contribution is 2.22. The van der Waals surface area contributed by atoms with Gasteiger partial charge >= 0.3 is 0 Å². The van der Waals surface area contributed by atoms with Gasteiger partial charge in [0.05, 0.1) is 0 Å². The highest BCUT2D eigenvalue weighted by molar-refractivity contribution is 5.94. The van der Waals surface area contributed by atoms with E-state index in [4.69, 9.17) is 0 Å². The van der Waals surface area contributed by atoms with E-state index in [1.807, 2.05) is 4.90 Å². The molecule has 0 aromatic heterocycles. The molecule has 0 spiro atoms. The fraction of sp³-hybridized carbons (Fsp3) is 0.190. The molecule has 2 aromatic rings. The molecule has 2 nitrogen and oxygen atoms in total. The van der Waals surface area contributed by atoms with Crippen LogP contribution in [0.2, 0.25) is 0 Å². The van der Waals surface area contributed by atoms with Crippen molar-refractivity contribution in [2.24, 2.45) is 0 Å². The number of benzene rings is 2. The molecule has 0 N–H and O–H groups in total. The molecule has 1 aliphatic rings. The number of nitrogens with zero attached hydrogens (tertiary/aromatic N) is 1. The lowest BCUT2D eigenvalue weighted by molar-refractivity contribution is -0.113. The maximum absolute atomic E-state index is 13.9. The number of ketones is 1. The van der Waals surface area contributed by atoms with Gasteiger partial charge in [-0.2, -0.15) is 0 Å². The molecule has 1 aliphatic heterocycles. The zero-order chi connectivity index (χ0) is 18.7. The second kappa shape index (κ2) is 7.60. The summed E-state index contributed by atoms with van der Waals surface area (Å²) in [5.41, 5.74) is 2.13. The molecule has 134 valence electrons. The molecule has 1 heterocycles. The van der Waals surface area contributed by atoms with Crippen LogP contribution in [0.25, 0.3) is 0 Å². The third-order valence-corrected chi connectivity index (χ3v) is 4.27. The van der Waals surface area contributed by atoms with E-state index in [2.05, 4.69) is 0 Å². The smallest absolute Gasteiger partial charge is 0.157 e. The molecule has 0 saturated heterocycles. The van der Waals surface area contributed by atoms with Crippen molar-refractivity contribution >= 4 is 5.78 Å². The first kappa shape index (κ1) is 18.0. The molecule has 0 atom stereocenters. The van der Waals surface area contributed by atoms with Crippen molar-refractivity contribution in [3.63, 3.8) is 0 Å². The molecule has 0 radical (unpaired) electrons. The van der Waals surface area contributed by atoms with E-state index in [-0.39, 0.29) is 18.0 Å². The standard InChI is InChI=1S/C21H18F3NO/c1-14(26)18-9-15(8-16-6-7-19(22)10-21(16)24)11-25(13-18)12-17-4-2-3-5-20(17)23/h2-7,9-11H,8,12-13H2,1H3.